The van der Waals surface area contributed by atoms with Crippen molar-refractivity contribution in [1.29, 1.82) is 0 Å². The van der Waals surface area contributed by atoms with Gasteiger partial charge in [0.25, 0.3) is 0 Å². The molecule has 1 rings (SSSR count). The molecule has 0 N–H and O–H groups in total. The first-order valence-corrected chi connectivity index (χ1v) is 11.6. The summed E-state index contributed by atoms with van der Waals surface area (Å²) >= 11 is 0. The summed E-state index contributed by atoms with van der Waals surface area (Å²) in [5.41, 5.74) is -0.000471. The number of likely N-dealkylation sites (tertiary alicyclic amines) is 1. The Balaban J connectivity index is 2.11. The van der Waals surface area contributed by atoms with Crippen LogP contribution in [0.15, 0.2) is 0 Å². The highest BCUT2D eigenvalue weighted by molar-refractivity contribution is 5.69. The Bertz CT molecular complexity index is 417. The molecular weight excluding hydrogens is 334 g/mol. The van der Waals surface area contributed by atoms with Crippen molar-refractivity contribution in [1.82, 2.24) is 4.90 Å². The number of carbonyl (C=O) groups is 1. The number of unbranched alkanes of at least 4 members (excludes halogenated alkanes) is 10. The minimum absolute atomic E-state index is 0.00403. The summed E-state index contributed by atoms with van der Waals surface area (Å²) in [6.07, 6.45) is 15.9. The van der Waals surface area contributed by atoms with E-state index in [0.29, 0.717) is 6.42 Å². The maximum Gasteiger partial charge on any atom is 0.306 e. The molecule has 0 spiro atoms. The van der Waals surface area contributed by atoms with Gasteiger partial charge in [-0.2, -0.15) is 0 Å². The van der Waals surface area contributed by atoms with Crippen molar-refractivity contribution >= 4 is 5.97 Å². The summed E-state index contributed by atoms with van der Waals surface area (Å²) in [5.74, 6) is 0.00403. The monoisotopic (exact) mass is 381 g/mol. The third-order valence-corrected chi connectivity index (χ3v) is 7.32. The fourth-order valence-electron chi connectivity index (χ4n) is 4.19. The van der Waals surface area contributed by atoms with Crippen LogP contribution in [-0.2, 0) is 9.53 Å². The van der Waals surface area contributed by atoms with Gasteiger partial charge in [0.2, 0.25) is 0 Å². The van der Waals surface area contributed by atoms with E-state index >= 15 is 0 Å². The highest BCUT2D eigenvalue weighted by Crippen LogP contribution is 2.44. The highest BCUT2D eigenvalue weighted by atomic mass is 16.5. The van der Waals surface area contributed by atoms with Crippen molar-refractivity contribution in [3.05, 3.63) is 0 Å². The van der Waals surface area contributed by atoms with Gasteiger partial charge < -0.3 is 9.64 Å². The molecular formula is C24H47NO2. The Hall–Kier alpha value is -0.570. The smallest absolute Gasteiger partial charge is 0.306 e. The van der Waals surface area contributed by atoms with Gasteiger partial charge in [-0.25, -0.2) is 0 Å². The molecule has 0 aromatic rings. The van der Waals surface area contributed by atoms with Crippen LogP contribution in [0.3, 0.4) is 0 Å². The van der Waals surface area contributed by atoms with Crippen LogP contribution in [0.5, 0.6) is 0 Å². The minimum atomic E-state index is -0.0349. The average molecular weight is 382 g/mol. The van der Waals surface area contributed by atoms with Gasteiger partial charge >= 0.3 is 5.97 Å². The Morgan fingerprint density at radius 3 is 1.89 bits per heavy atom. The van der Waals surface area contributed by atoms with E-state index in [1.807, 2.05) is 0 Å². The largest absolute Gasteiger partial charge is 0.462 e. The van der Waals surface area contributed by atoms with Crippen LogP contribution in [0.4, 0.5) is 0 Å². The van der Waals surface area contributed by atoms with Crippen molar-refractivity contribution in [3.8, 4) is 0 Å². The standard InChI is InChI=1S/C24H47NO2/c1-7-8-9-10-11-12-13-14-15-16-17-18-22(26)27-21-19-20-25(6)24(4,5)23(21,2)3/h21H,7-20H2,1-6H3. The summed E-state index contributed by atoms with van der Waals surface area (Å²) in [7, 11) is 2.17. The quantitative estimate of drug-likeness (QED) is 0.261. The zero-order valence-corrected chi connectivity index (χ0v) is 19.2. The lowest BCUT2D eigenvalue weighted by Crippen LogP contribution is -2.62. The van der Waals surface area contributed by atoms with E-state index in [0.717, 1.165) is 25.8 Å². The number of ether oxygens (including phenoxy) is 1. The van der Waals surface area contributed by atoms with E-state index in [-0.39, 0.29) is 23.0 Å². The molecule has 0 amide bonds. The van der Waals surface area contributed by atoms with Crippen LogP contribution >= 0.6 is 0 Å². The van der Waals surface area contributed by atoms with Gasteiger partial charge in [-0.15, -0.1) is 0 Å². The Morgan fingerprint density at radius 1 is 0.889 bits per heavy atom. The molecule has 3 nitrogen and oxygen atoms in total. The van der Waals surface area contributed by atoms with Crippen molar-refractivity contribution in [2.45, 2.75) is 130 Å². The minimum Gasteiger partial charge on any atom is -0.462 e. The summed E-state index contributed by atoms with van der Waals surface area (Å²) in [6, 6.07) is 0. The second-order valence-corrected chi connectivity index (χ2v) is 9.75. The number of carbonyl (C=O) groups excluding carboxylic acids is 1. The van der Waals surface area contributed by atoms with Gasteiger partial charge in [0.05, 0.1) is 0 Å². The van der Waals surface area contributed by atoms with Crippen LogP contribution in [0.2, 0.25) is 0 Å². The number of hydrogen-bond donors (Lipinski definition) is 0. The van der Waals surface area contributed by atoms with Crippen molar-refractivity contribution in [3.63, 3.8) is 0 Å². The first kappa shape index (κ1) is 24.5. The van der Waals surface area contributed by atoms with Crippen molar-refractivity contribution in [2.75, 3.05) is 13.6 Å². The molecule has 1 unspecified atom stereocenters. The molecule has 160 valence electrons. The zero-order chi connectivity index (χ0) is 20.3. The first-order chi connectivity index (χ1) is 12.7. The Labute approximate surface area is 169 Å². The first-order valence-electron chi connectivity index (χ1n) is 11.6. The molecule has 1 fully saturated rings. The molecule has 1 aliphatic heterocycles. The van der Waals surface area contributed by atoms with Gasteiger partial charge in [-0.3, -0.25) is 4.79 Å². The third kappa shape index (κ3) is 7.75. The molecule has 0 radical (unpaired) electrons. The van der Waals surface area contributed by atoms with E-state index in [4.69, 9.17) is 4.74 Å². The number of rotatable bonds is 13. The fraction of sp³-hybridized carbons (Fsp3) is 0.958. The van der Waals surface area contributed by atoms with Gasteiger partial charge in [0.1, 0.15) is 6.10 Å². The number of nitrogens with zero attached hydrogens (tertiary/aromatic N) is 1. The summed E-state index contributed by atoms with van der Waals surface area (Å²) in [6.45, 7) is 12.3. The lowest BCUT2D eigenvalue weighted by Gasteiger charge is -2.55. The molecule has 27 heavy (non-hydrogen) atoms. The van der Waals surface area contributed by atoms with Crippen LogP contribution in [-0.4, -0.2) is 36.1 Å². The van der Waals surface area contributed by atoms with Crippen molar-refractivity contribution in [2.24, 2.45) is 5.41 Å². The fourth-order valence-corrected chi connectivity index (χ4v) is 4.19. The summed E-state index contributed by atoms with van der Waals surface area (Å²) < 4.78 is 5.92. The van der Waals surface area contributed by atoms with Crippen LogP contribution in [0.25, 0.3) is 0 Å². The lowest BCUT2D eigenvalue weighted by atomic mass is 9.66. The van der Waals surface area contributed by atoms with E-state index in [9.17, 15) is 4.79 Å². The molecule has 1 saturated heterocycles. The van der Waals surface area contributed by atoms with Gasteiger partial charge in [0, 0.05) is 23.9 Å². The molecule has 0 saturated carbocycles. The molecule has 3 heteroatoms. The second-order valence-electron chi connectivity index (χ2n) is 9.75. The third-order valence-electron chi connectivity index (χ3n) is 7.32. The highest BCUT2D eigenvalue weighted by Gasteiger charge is 2.50. The predicted molar refractivity (Wildman–Crippen MR) is 116 cm³/mol. The SMILES string of the molecule is CCCCCCCCCCCCCC(=O)OC1CCN(C)C(C)(C)C1(C)C. The van der Waals surface area contributed by atoms with Crippen LogP contribution in [0.1, 0.15) is 118 Å². The van der Waals surface area contributed by atoms with Gasteiger partial charge in [-0.1, -0.05) is 85.0 Å². The van der Waals surface area contributed by atoms with Crippen molar-refractivity contribution < 1.29 is 9.53 Å². The molecule has 1 heterocycles. The lowest BCUT2D eigenvalue weighted by molar-refractivity contribution is -0.171. The Morgan fingerprint density at radius 2 is 1.37 bits per heavy atom. The maximum atomic E-state index is 12.3. The average Bonchev–Trinajstić information content (AvgIpc) is 2.61. The molecule has 0 aromatic carbocycles. The molecule has 1 aliphatic rings. The normalized spacial score (nSPS) is 21.9. The second kappa shape index (κ2) is 12.1. The summed E-state index contributed by atoms with van der Waals surface area (Å²) in [5, 5.41) is 0. The van der Waals surface area contributed by atoms with E-state index in [1.54, 1.807) is 0 Å². The molecule has 0 aliphatic carbocycles. The van der Waals surface area contributed by atoms with E-state index in [2.05, 4.69) is 46.6 Å². The van der Waals surface area contributed by atoms with Gasteiger partial charge in [0.15, 0.2) is 0 Å². The molecule has 0 aromatic heterocycles. The summed E-state index contributed by atoms with van der Waals surface area (Å²) in [4.78, 5) is 14.7. The number of esters is 1. The number of piperidine rings is 1. The molecule has 1 atom stereocenters. The predicted octanol–water partition coefficient (Wildman–Crippen LogP) is 6.74. The Kier molecular flexibility index (Phi) is 11.0. The van der Waals surface area contributed by atoms with Crippen LogP contribution < -0.4 is 0 Å². The maximum absolute atomic E-state index is 12.3. The van der Waals surface area contributed by atoms with Gasteiger partial charge in [-0.05, 0) is 33.7 Å². The van der Waals surface area contributed by atoms with E-state index in [1.165, 1.54) is 57.8 Å². The molecule has 0 bridgehead atoms. The van der Waals surface area contributed by atoms with E-state index < -0.39 is 0 Å². The zero-order valence-electron chi connectivity index (χ0n) is 19.2. The van der Waals surface area contributed by atoms with Crippen LogP contribution in [0, 0.1) is 5.41 Å². The number of hydrogen-bond acceptors (Lipinski definition) is 3. The topological polar surface area (TPSA) is 29.5 Å².